The van der Waals surface area contributed by atoms with Crippen LogP contribution in [-0.4, -0.2) is 54.1 Å². The van der Waals surface area contributed by atoms with Crippen molar-refractivity contribution < 1.29 is 0 Å². The van der Waals surface area contributed by atoms with E-state index in [0.717, 1.165) is 56.5 Å². The average Bonchev–Trinajstić information content (AvgIpc) is 2.98. The molecule has 0 aromatic carbocycles. The lowest BCUT2D eigenvalue weighted by molar-refractivity contribution is 0.232. The zero-order chi connectivity index (χ0) is 15.2. The number of nitrogens with zero attached hydrogens (tertiary/aromatic N) is 4. The number of anilines is 2. The SMILES string of the molecule is CCCc1nc(NC)cc(N2CCC(N(CC)CC)C2)n1. The lowest BCUT2D eigenvalue weighted by Crippen LogP contribution is -2.37. The maximum atomic E-state index is 4.75. The first-order chi connectivity index (χ1) is 10.2. The predicted molar refractivity (Wildman–Crippen MR) is 89.1 cm³/mol. The van der Waals surface area contributed by atoms with Gasteiger partial charge in [0.15, 0.2) is 0 Å². The van der Waals surface area contributed by atoms with Gasteiger partial charge in [-0.2, -0.15) is 0 Å². The van der Waals surface area contributed by atoms with Crippen molar-refractivity contribution in [3.63, 3.8) is 0 Å². The first-order valence-electron chi connectivity index (χ1n) is 8.26. The van der Waals surface area contributed by atoms with E-state index in [2.05, 4.69) is 46.9 Å². The van der Waals surface area contributed by atoms with Gasteiger partial charge < -0.3 is 10.2 Å². The molecular formula is C16H29N5. The molecule has 1 unspecified atom stereocenters. The Morgan fingerprint density at radius 3 is 2.67 bits per heavy atom. The fraction of sp³-hybridized carbons (Fsp3) is 0.750. The van der Waals surface area contributed by atoms with Crippen molar-refractivity contribution in [2.24, 2.45) is 0 Å². The van der Waals surface area contributed by atoms with Gasteiger partial charge in [0.05, 0.1) is 0 Å². The van der Waals surface area contributed by atoms with E-state index in [4.69, 9.17) is 4.98 Å². The number of nitrogens with one attached hydrogen (secondary N) is 1. The van der Waals surface area contributed by atoms with E-state index in [1.54, 1.807) is 0 Å². The predicted octanol–water partition coefficient (Wildman–Crippen LogP) is 2.39. The number of aromatic nitrogens is 2. The number of rotatable bonds is 7. The molecule has 0 aliphatic carbocycles. The minimum Gasteiger partial charge on any atom is -0.373 e. The number of likely N-dealkylation sites (N-methyl/N-ethyl adjacent to an activating group) is 1. The fourth-order valence-electron chi connectivity index (χ4n) is 3.10. The molecule has 2 heterocycles. The molecular weight excluding hydrogens is 262 g/mol. The van der Waals surface area contributed by atoms with Crippen LogP contribution in [0.25, 0.3) is 0 Å². The monoisotopic (exact) mass is 291 g/mol. The third kappa shape index (κ3) is 3.84. The van der Waals surface area contributed by atoms with Crippen LogP contribution in [0.15, 0.2) is 6.07 Å². The molecule has 1 aromatic heterocycles. The Bertz CT molecular complexity index is 444. The molecule has 1 aliphatic rings. The van der Waals surface area contributed by atoms with Crippen LogP contribution in [0.3, 0.4) is 0 Å². The highest BCUT2D eigenvalue weighted by atomic mass is 15.3. The second-order valence-electron chi connectivity index (χ2n) is 5.64. The van der Waals surface area contributed by atoms with Crippen LogP contribution in [0.5, 0.6) is 0 Å². The normalized spacial score (nSPS) is 18.5. The maximum Gasteiger partial charge on any atom is 0.134 e. The molecule has 0 spiro atoms. The smallest absolute Gasteiger partial charge is 0.134 e. The average molecular weight is 291 g/mol. The van der Waals surface area contributed by atoms with Crippen molar-refractivity contribution >= 4 is 11.6 Å². The van der Waals surface area contributed by atoms with Gasteiger partial charge in [-0.3, -0.25) is 4.90 Å². The largest absolute Gasteiger partial charge is 0.373 e. The standard InChI is InChI=1S/C16H29N5/c1-5-8-14-18-15(17-4)11-16(19-14)21-10-9-13(12-21)20(6-2)7-3/h11,13H,5-10,12H2,1-4H3,(H,17,18,19). The summed E-state index contributed by atoms with van der Waals surface area (Å²) < 4.78 is 0. The maximum absolute atomic E-state index is 4.75. The van der Waals surface area contributed by atoms with Gasteiger partial charge in [-0.15, -0.1) is 0 Å². The summed E-state index contributed by atoms with van der Waals surface area (Å²) in [5.74, 6) is 2.95. The highest BCUT2D eigenvalue weighted by molar-refractivity contribution is 5.50. The van der Waals surface area contributed by atoms with Crippen molar-refractivity contribution in [1.29, 1.82) is 0 Å². The summed E-state index contributed by atoms with van der Waals surface area (Å²) in [4.78, 5) is 14.3. The molecule has 1 aromatic rings. The molecule has 0 bridgehead atoms. The summed E-state index contributed by atoms with van der Waals surface area (Å²) in [5.41, 5.74) is 0. The Hall–Kier alpha value is -1.36. The second kappa shape index (κ2) is 7.59. The lowest BCUT2D eigenvalue weighted by atomic mass is 10.2. The molecule has 1 atom stereocenters. The van der Waals surface area contributed by atoms with Gasteiger partial charge in [-0.25, -0.2) is 9.97 Å². The Kier molecular flexibility index (Phi) is 5.79. The van der Waals surface area contributed by atoms with Crippen LogP contribution in [0.2, 0.25) is 0 Å². The highest BCUT2D eigenvalue weighted by Crippen LogP contribution is 2.23. The van der Waals surface area contributed by atoms with Crippen molar-refractivity contribution in [3.05, 3.63) is 11.9 Å². The van der Waals surface area contributed by atoms with E-state index in [0.29, 0.717) is 6.04 Å². The van der Waals surface area contributed by atoms with Crippen molar-refractivity contribution in [3.8, 4) is 0 Å². The lowest BCUT2D eigenvalue weighted by Gasteiger charge is -2.26. The molecule has 0 radical (unpaired) electrons. The minimum absolute atomic E-state index is 0.655. The summed E-state index contributed by atoms with van der Waals surface area (Å²) in [5, 5.41) is 3.16. The van der Waals surface area contributed by atoms with Crippen LogP contribution in [-0.2, 0) is 6.42 Å². The Morgan fingerprint density at radius 1 is 1.29 bits per heavy atom. The third-order valence-electron chi connectivity index (χ3n) is 4.30. The van der Waals surface area contributed by atoms with Crippen LogP contribution < -0.4 is 10.2 Å². The number of aryl methyl sites for hydroxylation is 1. The van der Waals surface area contributed by atoms with E-state index in [1.807, 2.05) is 7.05 Å². The molecule has 0 saturated carbocycles. The van der Waals surface area contributed by atoms with Crippen molar-refractivity contribution in [2.45, 2.75) is 46.1 Å². The van der Waals surface area contributed by atoms with E-state index in [-0.39, 0.29) is 0 Å². The Labute approximate surface area is 128 Å². The molecule has 1 N–H and O–H groups in total. The van der Waals surface area contributed by atoms with E-state index < -0.39 is 0 Å². The number of hydrogen-bond donors (Lipinski definition) is 1. The van der Waals surface area contributed by atoms with Crippen molar-refractivity contribution in [2.75, 3.05) is 43.4 Å². The first-order valence-corrected chi connectivity index (χ1v) is 8.26. The van der Waals surface area contributed by atoms with Gasteiger partial charge >= 0.3 is 0 Å². The molecule has 5 nitrogen and oxygen atoms in total. The molecule has 2 rings (SSSR count). The summed E-state index contributed by atoms with van der Waals surface area (Å²) >= 11 is 0. The molecule has 1 fully saturated rings. The quantitative estimate of drug-likeness (QED) is 0.835. The summed E-state index contributed by atoms with van der Waals surface area (Å²) in [6, 6.07) is 2.73. The zero-order valence-electron chi connectivity index (χ0n) is 13.9. The van der Waals surface area contributed by atoms with E-state index in [1.165, 1.54) is 6.42 Å². The van der Waals surface area contributed by atoms with Crippen LogP contribution >= 0.6 is 0 Å². The fourth-order valence-corrected chi connectivity index (χ4v) is 3.10. The molecule has 1 aliphatic heterocycles. The second-order valence-corrected chi connectivity index (χ2v) is 5.64. The topological polar surface area (TPSA) is 44.3 Å². The van der Waals surface area contributed by atoms with Gasteiger partial charge in [-0.05, 0) is 25.9 Å². The summed E-state index contributed by atoms with van der Waals surface area (Å²) in [6.07, 6.45) is 3.24. The highest BCUT2D eigenvalue weighted by Gasteiger charge is 2.27. The van der Waals surface area contributed by atoms with E-state index >= 15 is 0 Å². The first kappa shape index (κ1) is 16.0. The van der Waals surface area contributed by atoms with Gasteiger partial charge in [0.25, 0.3) is 0 Å². The van der Waals surface area contributed by atoms with Crippen LogP contribution in [0.1, 0.15) is 39.4 Å². The Morgan fingerprint density at radius 2 is 2.05 bits per heavy atom. The van der Waals surface area contributed by atoms with Gasteiger partial charge in [-0.1, -0.05) is 20.8 Å². The third-order valence-corrected chi connectivity index (χ3v) is 4.30. The van der Waals surface area contributed by atoms with Crippen LogP contribution in [0.4, 0.5) is 11.6 Å². The van der Waals surface area contributed by atoms with Crippen LogP contribution in [0, 0.1) is 0 Å². The molecule has 118 valence electrons. The van der Waals surface area contributed by atoms with Gasteiger partial charge in [0.2, 0.25) is 0 Å². The van der Waals surface area contributed by atoms with Crippen molar-refractivity contribution in [1.82, 2.24) is 14.9 Å². The molecule has 5 heteroatoms. The summed E-state index contributed by atoms with van der Waals surface area (Å²) in [6.45, 7) is 11.1. The molecule has 0 amide bonds. The molecule has 21 heavy (non-hydrogen) atoms. The van der Waals surface area contributed by atoms with E-state index in [9.17, 15) is 0 Å². The van der Waals surface area contributed by atoms with Gasteiger partial charge in [0.1, 0.15) is 17.5 Å². The zero-order valence-corrected chi connectivity index (χ0v) is 13.9. The summed E-state index contributed by atoms with van der Waals surface area (Å²) in [7, 11) is 1.92. The minimum atomic E-state index is 0.655. The molecule has 1 saturated heterocycles. The van der Waals surface area contributed by atoms with Gasteiger partial charge in [0, 0.05) is 38.7 Å². The number of hydrogen-bond acceptors (Lipinski definition) is 5. The Balaban J connectivity index is 2.13.